The van der Waals surface area contributed by atoms with Crippen LogP contribution in [0.5, 0.6) is 5.75 Å². The van der Waals surface area contributed by atoms with Crippen molar-refractivity contribution in [2.75, 3.05) is 33.4 Å². The lowest BCUT2D eigenvalue weighted by molar-refractivity contribution is -0.132. The number of carbonyl (C=O) groups excluding carboxylic acids is 2. The number of halogens is 1. The highest BCUT2D eigenvalue weighted by Crippen LogP contribution is 2.29. The summed E-state index contributed by atoms with van der Waals surface area (Å²) < 4.78 is 25.0. The highest BCUT2D eigenvalue weighted by Gasteiger charge is 2.33. The van der Waals surface area contributed by atoms with E-state index < -0.39 is 5.82 Å². The summed E-state index contributed by atoms with van der Waals surface area (Å²) in [6.45, 7) is 1.66. The number of rotatable bonds is 7. The van der Waals surface area contributed by atoms with Crippen molar-refractivity contribution in [1.82, 2.24) is 9.80 Å². The molecule has 2 aromatic rings. The molecule has 1 unspecified atom stereocenters. The smallest absolute Gasteiger partial charge is 0.254 e. The molecular weight excluding hydrogens is 399 g/mol. The molecular formula is C24H27FN2O4. The molecule has 2 aromatic carbocycles. The Kier molecular flexibility index (Phi) is 6.51. The maximum atomic E-state index is 13.6. The van der Waals surface area contributed by atoms with Gasteiger partial charge in [-0.05, 0) is 54.7 Å². The maximum absolute atomic E-state index is 13.6. The quantitative estimate of drug-likeness (QED) is 0.683. The monoisotopic (exact) mass is 426 g/mol. The van der Waals surface area contributed by atoms with Crippen LogP contribution in [-0.2, 0) is 16.1 Å². The molecule has 1 saturated heterocycles. The van der Waals surface area contributed by atoms with Gasteiger partial charge in [0, 0.05) is 31.8 Å². The zero-order valence-electron chi connectivity index (χ0n) is 17.6. The lowest BCUT2D eigenvalue weighted by atomic mass is 10.2. The highest BCUT2D eigenvalue weighted by atomic mass is 19.1. The third kappa shape index (κ3) is 5.61. The van der Waals surface area contributed by atoms with Crippen molar-refractivity contribution in [3.05, 3.63) is 65.5 Å². The first-order valence-electron chi connectivity index (χ1n) is 10.6. The van der Waals surface area contributed by atoms with Crippen molar-refractivity contribution in [3.63, 3.8) is 0 Å². The van der Waals surface area contributed by atoms with E-state index in [4.69, 9.17) is 9.47 Å². The molecule has 2 fully saturated rings. The van der Waals surface area contributed by atoms with Gasteiger partial charge < -0.3 is 19.3 Å². The topological polar surface area (TPSA) is 59.1 Å². The molecule has 164 valence electrons. The average molecular weight is 426 g/mol. The number of hydrogen-bond donors (Lipinski definition) is 0. The van der Waals surface area contributed by atoms with E-state index in [2.05, 4.69) is 0 Å². The normalized spacial score (nSPS) is 19.3. The minimum absolute atomic E-state index is 0.0669. The number of hydrogen-bond acceptors (Lipinski definition) is 4. The average Bonchev–Trinajstić information content (AvgIpc) is 3.61. The Balaban J connectivity index is 1.52. The fraction of sp³-hybridized carbons (Fsp3) is 0.417. The minimum atomic E-state index is -0.479. The van der Waals surface area contributed by atoms with Crippen LogP contribution in [0.3, 0.4) is 0 Å². The molecule has 4 rings (SSSR count). The van der Waals surface area contributed by atoms with Crippen molar-refractivity contribution in [2.45, 2.75) is 25.5 Å². The lowest BCUT2D eigenvalue weighted by Crippen LogP contribution is -2.39. The second-order valence-electron chi connectivity index (χ2n) is 8.22. The fourth-order valence-corrected chi connectivity index (χ4v) is 3.74. The predicted octanol–water partition coefficient (Wildman–Crippen LogP) is 3.11. The van der Waals surface area contributed by atoms with E-state index in [0.717, 1.165) is 24.2 Å². The van der Waals surface area contributed by atoms with Crippen LogP contribution in [0.1, 0.15) is 28.8 Å². The van der Waals surface area contributed by atoms with Crippen LogP contribution in [0.2, 0.25) is 0 Å². The molecule has 7 heteroatoms. The summed E-state index contributed by atoms with van der Waals surface area (Å²) in [5.74, 6) is 0.289. The molecule has 2 amide bonds. The van der Waals surface area contributed by atoms with E-state index in [0.29, 0.717) is 32.2 Å². The summed E-state index contributed by atoms with van der Waals surface area (Å²) >= 11 is 0. The van der Waals surface area contributed by atoms with Crippen molar-refractivity contribution >= 4 is 11.8 Å². The molecule has 1 heterocycles. The molecule has 0 radical (unpaired) electrons. The van der Waals surface area contributed by atoms with Crippen LogP contribution in [0.4, 0.5) is 4.39 Å². The zero-order valence-corrected chi connectivity index (χ0v) is 17.6. The lowest BCUT2D eigenvalue weighted by Gasteiger charge is -2.25. The van der Waals surface area contributed by atoms with E-state index in [1.165, 1.54) is 23.1 Å². The summed E-state index contributed by atoms with van der Waals surface area (Å²) in [6.07, 6.45) is 2.02. The van der Waals surface area contributed by atoms with Gasteiger partial charge in [-0.15, -0.1) is 0 Å². The standard InChI is InChI=1S/C24H27FN2O4/c1-30-21-7-2-4-18(10-21)12-26-13-22(31-16-17-8-9-17)14-27(15-23(26)28)24(29)19-5-3-6-20(25)11-19/h2-7,10-11,17,22H,8-9,12-16H2,1H3. The molecule has 31 heavy (non-hydrogen) atoms. The summed E-state index contributed by atoms with van der Waals surface area (Å²) in [7, 11) is 1.61. The molecule has 2 aliphatic rings. The third-order valence-electron chi connectivity index (χ3n) is 5.66. The van der Waals surface area contributed by atoms with Crippen LogP contribution in [0.15, 0.2) is 48.5 Å². The molecule has 0 N–H and O–H groups in total. The van der Waals surface area contributed by atoms with Crippen molar-refractivity contribution in [1.29, 1.82) is 0 Å². The van der Waals surface area contributed by atoms with Crippen LogP contribution < -0.4 is 4.74 Å². The Morgan fingerprint density at radius 3 is 2.68 bits per heavy atom. The van der Waals surface area contributed by atoms with Crippen molar-refractivity contribution in [2.24, 2.45) is 5.92 Å². The summed E-state index contributed by atoms with van der Waals surface area (Å²) in [5, 5.41) is 0. The summed E-state index contributed by atoms with van der Waals surface area (Å²) in [6, 6.07) is 13.1. The van der Waals surface area contributed by atoms with Gasteiger partial charge >= 0.3 is 0 Å². The van der Waals surface area contributed by atoms with Gasteiger partial charge in [0.2, 0.25) is 5.91 Å². The number of methoxy groups -OCH3 is 1. The third-order valence-corrected chi connectivity index (χ3v) is 5.66. The van der Waals surface area contributed by atoms with Gasteiger partial charge in [-0.2, -0.15) is 0 Å². The van der Waals surface area contributed by atoms with Crippen molar-refractivity contribution < 1.29 is 23.5 Å². The molecule has 0 aromatic heterocycles. The molecule has 1 saturated carbocycles. The molecule has 1 aliphatic carbocycles. The number of ether oxygens (including phenoxy) is 2. The van der Waals surface area contributed by atoms with Crippen molar-refractivity contribution in [3.8, 4) is 5.75 Å². The Morgan fingerprint density at radius 1 is 1.13 bits per heavy atom. The van der Waals surface area contributed by atoms with E-state index >= 15 is 0 Å². The number of amides is 2. The largest absolute Gasteiger partial charge is 0.497 e. The minimum Gasteiger partial charge on any atom is -0.497 e. The van der Waals surface area contributed by atoms with Gasteiger partial charge in [-0.25, -0.2) is 4.39 Å². The van der Waals surface area contributed by atoms with E-state index in [9.17, 15) is 14.0 Å². The molecule has 1 atom stereocenters. The summed E-state index contributed by atoms with van der Waals surface area (Å²) in [5.41, 5.74) is 1.17. The molecule has 6 nitrogen and oxygen atoms in total. The summed E-state index contributed by atoms with van der Waals surface area (Å²) in [4.78, 5) is 29.3. The van der Waals surface area contributed by atoms with Crippen LogP contribution in [0, 0.1) is 11.7 Å². The van der Waals surface area contributed by atoms with Gasteiger partial charge in [-0.1, -0.05) is 18.2 Å². The van der Waals surface area contributed by atoms with Crippen LogP contribution in [0.25, 0.3) is 0 Å². The van der Waals surface area contributed by atoms with E-state index in [-0.39, 0.29) is 30.0 Å². The Bertz CT molecular complexity index is 947. The maximum Gasteiger partial charge on any atom is 0.254 e. The van der Waals surface area contributed by atoms with E-state index in [1.54, 1.807) is 18.1 Å². The Morgan fingerprint density at radius 2 is 1.94 bits per heavy atom. The second-order valence-corrected chi connectivity index (χ2v) is 8.22. The Labute approximate surface area is 181 Å². The van der Waals surface area contributed by atoms with Crippen LogP contribution >= 0.6 is 0 Å². The predicted molar refractivity (Wildman–Crippen MR) is 113 cm³/mol. The number of benzene rings is 2. The second kappa shape index (κ2) is 9.47. The van der Waals surface area contributed by atoms with Crippen LogP contribution in [-0.4, -0.2) is 61.1 Å². The first-order valence-corrected chi connectivity index (χ1v) is 10.6. The first kappa shape index (κ1) is 21.3. The van der Waals surface area contributed by atoms with Gasteiger partial charge in [-0.3, -0.25) is 9.59 Å². The van der Waals surface area contributed by atoms with E-state index in [1.807, 2.05) is 24.3 Å². The highest BCUT2D eigenvalue weighted by molar-refractivity contribution is 5.96. The molecule has 0 spiro atoms. The Hall–Kier alpha value is -2.93. The van der Waals surface area contributed by atoms with Gasteiger partial charge in [0.25, 0.3) is 5.91 Å². The number of nitrogens with zero attached hydrogens (tertiary/aromatic N) is 2. The SMILES string of the molecule is COc1cccc(CN2CC(OCC3CC3)CN(C(=O)c3cccc(F)c3)CC2=O)c1. The molecule has 1 aliphatic heterocycles. The molecule has 0 bridgehead atoms. The zero-order chi connectivity index (χ0) is 21.8. The van der Waals surface area contributed by atoms with Gasteiger partial charge in [0.15, 0.2) is 0 Å². The van der Waals surface area contributed by atoms with Gasteiger partial charge in [0.05, 0.1) is 13.2 Å². The van der Waals surface area contributed by atoms with Gasteiger partial charge in [0.1, 0.15) is 18.1 Å². The number of carbonyl (C=O) groups is 2. The fourth-order valence-electron chi connectivity index (χ4n) is 3.74. The first-order chi connectivity index (χ1) is 15.0.